The Bertz CT molecular complexity index is 771. The molecule has 0 bridgehead atoms. The average Bonchev–Trinajstić information content (AvgIpc) is 3.17. The minimum absolute atomic E-state index is 0.113. The molecule has 128 valence electrons. The lowest BCUT2D eigenvalue weighted by molar-refractivity contribution is -0.0330. The van der Waals surface area contributed by atoms with E-state index in [1.54, 1.807) is 6.20 Å². The van der Waals surface area contributed by atoms with Crippen LogP contribution in [0.1, 0.15) is 22.8 Å². The molecule has 25 heavy (non-hydrogen) atoms. The Balaban J connectivity index is 1.36. The Hall–Kier alpha value is -2.50. The Morgan fingerprint density at radius 2 is 1.84 bits per heavy atom. The molecule has 5 heteroatoms. The molecule has 1 atom stereocenters. The van der Waals surface area contributed by atoms with Crippen LogP contribution in [0.2, 0.25) is 0 Å². The third-order valence-electron chi connectivity index (χ3n) is 4.54. The summed E-state index contributed by atoms with van der Waals surface area (Å²) in [5.41, 5.74) is 3.75. The van der Waals surface area contributed by atoms with Crippen LogP contribution in [0.15, 0.2) is 67.3 Å². The van der Waals surface area contributed by atoms with Crippen molar-refractivity contribution in [2.24, 2.45) is 0 Å². The van der Waals surface area contributed by atoms with Crippen LogP contribution in [0.3, 0.4) is 0 Å². The Kier molecular flexibility index (Phi) is 4.86. The Morgan fingerprint density at radius 1 is 1.00 bits per heavy atom. The van der Waals surface area contributed by atoms with Crippen molar-refractivity contribution in [3.05, 3.63) is 83.9 Å². The largest absolute Gasteiger partial charge is 0.371 e. The molecule has 0 saturated carbocycles. The van der Waals surface area contributed by atoms with Crippen LogP contribution in [0.5, 0.6) is 0 Å². The van der Waals surface area contributed by atoms with E-state index in [9.17, 15) is 0 Å². The lowest BCUT2D eigenvalue weighted by Gasteiger charge is -2.33. The van der Waals surface area contributed by atoms with Crippen LogP contribution in [-0.4, -0.2) is 39.4 Å². The van der Waals surface area contributed by atoms with Crippen LogP contribution in [-0.2, 0) is 17.8 Å². The second-order valence-electron chi connectivity index (χ2n) is 6.40. The molecule has 2 aromatic heterocycles. The molecule has 1 saturated heterocycles. The summed E-state index contributed by atoms with van der Waals surface area (Å²) in [7, 11) is 0. The van der Waals surface area contributed by atoms with E-state index in [2.05, 4.69) is 45.3 Å². The molecule has 0 N–H and O–H groups in total. The quantitative estimate of drug-likeness (QED) is 0.720. The molecule has 1 fully saturated rings. The smallest absolute Gasteiger partial charge is 0.0967 e. The van der Waals surface area contributed by atoms with Gasteiger partial charge in [0.1, 0.15) is 0 Å². The van der Waals surface area contributed by atoms with Crippen molar-refractivity contribution < 1.29 is 4.74 Å². The Labute approximate surface area is 147 Å². The average molecular weight is 334 g/mol. The maximum atomic E-state index is 5.92. The van der Waals surface area contributed by atoms with Gasteiger partial charge in [0.15, 0.2) is 0 Å². The number of hydrogen-bond acceptors (Lipinski definition) is 4. The fraction of sp³-hybridized carbons (Fsp3) is 0.300. The summed E-state index contributed by atoms with van der Waals surface area (Å²) in [5.74, 6) is 0. The topological polar surface area (TPSA) is 43.2 Å². The molecule has 3 aromatic rings. The van der Waals surface area contributed by atoms with E-state index in [-0.39, 0.29) is 6.10 Å². The van der Waals surface area contributed by atoms with E-state index in [0.29, 0.717) is 0 Å². The fourth-order valence-electron chi connectivity index (χ4n) is 3.20. The predicted octanol–water partition coefficient (Wildman–Crippen LogP) is 2.90. The molecule has 0 radical (unpaired) electrons. The van der Waals surface area contributed by atoms with Crippen molar-refractivity contribution >= 4 is 0 Å². The number of ether oxygens (including phenoxy) is 1. The monoisotopic (exact) mass is 334 g/mol. The lowest BCUT2D eigenvalue weighted by atomic mass is 10.1. The molecule has 1 aliphatic rings. The van der Waals surface area contributed by atoms with E-state index in [0.717, 1.165) is 38.3 Å². The molecule has 5 nitrogen and oxygen atoms in total. The highest BCUT2D eigenvalue weighted by molar-refractivity contribution is 5.23. The summed E-state index contributed by atoms with van der Waals surface area (Å²) in [4.78, 5) is 6.65. The second-order valence-corrected chi connectivity index (χ2v) is 6.40. The van der Waals surface area contributed by atoms with Gasteiger partial charge in [-0.15, -0.1) is 0 Å². The highest BCUT2D eigenvalue weighted by atomic mass is 16.5. The van der Waals surface area contributed by atoms with Gasteiger partial charge in [0, 0.05) is 50.0 Å². The van der Waals surface area contributed by atoms with Crippen molar-refractivity contribution in [2.75, 3.05) is 19.7 Å². The molecular weight excluding hydrogens is 312 g/mol. The number of benzene rings is 1. The van der Waals surface area contributed by atoms with Crippen LogP contribution in [0, 0.1) is 0 Å². The predicted molar refractivity (Wildman–Crippen MR) is 96.0 cm³/mol. The number of hydrogen-bond donors (Lipinski definition) is 0. The van der Waals surface area contributed by atoms with E-state index in [1.807, 2.05) is 35.4 Å². The molecule has 1 aliphatic heterocycles. The summed E-state index contributed by atoms with van der Waals surface area (Å²) in [6, 6.07) is 14.8. The van der Waals surface area contributed by atoms with Gasteiger partial charge in [-0.3, -0.25) is 14.6 Å². The summed E-state index contributed by atoms with van der Waals surface area (Å²) in [6.07, 6.45) is 7.61. The number of morpholine rings is 1. The van der Waals surface area contributed by atoms with E-state index >= 15 is 0 Å². The first-order valence-electron chi connectivity index (χ1n) is 8.66. The normalized spacial score (nSPS) is 18.3. The number of pyridine rings is 1. The van der Waals surface area contributed by atoms with Crippen molar-refractivity contribution in [2.45, 2.75) is 19.2 Å². The molecular formula is C20H22N4O. The van der Waals surface area contributed by atoms with Gasteiger partial charge >= 0.3 is 0 Å². The molecule has 3 heterocycles. The summed E-state index contributed by atoms with van der Waals surface area (Å²) in [5, 5.41) is 4.25. The maximum Gasteiger partial charge on any atom is 0.0967 e. The molecule has 0 spiro atoms. The second kappa shape index (κ2) is 7.59. The van der Waals surface area contributed by atoms with Crippen molar-refractivity contribution in [1.29, 1.82) is 0 Å². The van der Waals surface area contributed by atoms with Crippen molar-refractivity contribution in [3.63, 3.8) is 0 Å². The maximum absolute atomic E-state index is 5.92. The Morgan fingerprint density at radius 3 is 2.56 bits per heavy atom. The van der Waals surface area contributed by atoms with Crippen LogP contribution in [0.4, 0.5) is 0 Å². The third-order valence-corrected chi connectivity index (χ3v) is 4.54. The fourth-order valence-corrected chi connectivity index (χ4v) is 3.20. The SMILES string of the molecule is c1cncc([C@H]2CN(Cc3ccc(Cn4cccn4)cc3)CCO2)c1. The molecule has 0 aliphatic carbocycles. The number of nitrogens with zero attached hydrogens (tertiary/aromatic N) is 4. The van der Waals surface area contributed by atoms with Gasteiger partial charge in [0.25, 0.3) is 0 Å². The van der Waals surface area contributed by atoms with Crippen molar-refractivity contribution in [3.8, 4) is 0 Å². The zero-order valence-corrected chi connectivity index (χ0v) is 14.2. The highest BCUT2D eigenvalue weighted by Gasteiger charge is 2.22. The summed E-state index contributed by atoms with van der Waals surface area (Å²) < 4.78 is 7.86. The molecule has 1 aromatic carbocycles. The first-order chi connectivity index (χ1) is 12.4. The van der Waals surface area contributed by atoms with Gasteiger partial charge < -0.3 is 4.74 Å². The van der Waals surface area contributed by atoms with E-state index < -0.39 is 0 Å². The first-order valence-corrected chi connectivity index (χ1v) is 8.66. The zero-order valence-electron chi connectivity index (χ0n) is 14.2. The zero-order chi connectivity index (χ0) is 16.9. The summed E-state index contributed by atoms with van der Waals surface area (Å²) >= 11 is 0. The van der Waals surface area contributed by atoms with Gasteiger partial charge in [0.2, 0.25) is 0 Å². The van der Waals surface area contributed by atoms with E-state index in [1.165, 1.54) is 11.1 Å². The minimum Gasteiger partial charge on any atom is -0.371 e. The van der Waals surface area contributed by atoms with Crippen molar-refractivity contribution in [1.82, 2.24) is 19.7 Å². The summed E-state index contributed by atoms with van der Waals surface area (Å²) in [6.45, 7) is 4.39. The molecule has 0 amide bonds. The van der Waals surface area contributed by atoms with Crippen LogP contribution in [0.25, 0.3) is 0 Å². The standard InChI is InChI=1S/C20H22N4O/c1-3-19(13-21-8-1)20-16-23(11-12-25-20)14-17-4-6-18(7-5-17)15-24-10-2-9-22-24/h1-10,13,20H,11-12,14-16H2/t20-/m1/s1. The number of rotatable bonds is 5. The number of aromatic nitrogens is 3. The first kappa shape index (κ1) is 16.0. The highest BCUT2D eigenvalue weighted by Crippen LogP contribution is 2.22. The van der Waals surface area contributed by atoms with E-state index in [4.69, 9.17) is 4.74 Å². The van der Waals surface area contributed by atoms with Crippen LogP contribution < -0.4 is 0 Å². The molecule has 4 rings (SSSR count). The third kappa shape index (κ3) is 4.13. The van der Waals surface area contributed by atoms with Crippen LogP contribution >= 0.6 is 0 Å². The van der Waals surface area contributed by atoms with Gasteiger partial charge in [-0.2, -0.15) is 5.10 Å². The van der Waals surface area contributed by atoms with Gasteiger partial charge in [-0.25, -0.2) is 0 Å². The van der Waals surface area contributed by atoms with Gasteiger partial charge in [-0.05, 0) is 23.3 Å². The minimum atomic E-state index is 0.113. The lowest BCUT2D eigenvalue weighted by Crippen LogP contribution is -2.37. The molecule has 0 unspecified atom stereocenters. The van der Waals surface area contributed by atoms with Gasteiger partial charge in [0.05, 0.1) is 19.3 Å². The van der Waals surface area contributed by atoms with Gasteiger partial charge in [-0.1, -0.05) is 30.3 Å².